The van der Waals surface area contributed by atoms with Crippen LogP contribution in [-0.2, 0) is 76.1 Å². The van der Waals surface area contributed by atoms with Crippen molar-refractivity contribution in [2.45, 2.75) is 227 Å². The van der Waals surface area contributed by atoms with Crippen LogP contribution in [0.15, 0.2) is 21.9 Å². The number of hydrogen-bond acceptors (Lipinski definition) is 24. The van der Waals surface area contributed by atoms with Crippen LogP contribution in [0.25, 0.3) is 0 Å². The van der Waals surface area contributed by atoms with E-state index in [0.717, 1.165) is 60.9 Å². The number of aromatic nitrogens is 2. The number of methoxy groups -OCH3 is 4. The molecule has 462 valence electrons. The van der Waals surface area contributed by atoms with Gasteiger partial charge in [0.2, 0.25) is 12.2 Å². The molecule has 12 unspecified atom stereocenters. The molecular weight excluding hydrogens is 1070 g/mol. The number of nitrogens with two attached hydrogens (primary N) is 1. The molecule has 5 heterocycles. The fourth-order valence-corrected chi connectivity index (χ4v) is 11.1. The number of carbonyl (C=O) groups is 5. The average Bonchev–Trinajstić information content (AvgIpc) is 4.03. The third-order valence-electron chi connectivity index (χ3n) is 15.6. The third kappa shape index (κ3) is 17.8. The molecule has 1 amide bonds. The number of nitrogens with zero attached hydrogens (tertiary/aromatic N) is 3. The zero-order valence-electron chi connectivity index (χ0n) is 48.2. The van der Waals surface area contributed by atoms with E-state index >= 15 is 0 Å². The number of amides is 1. The molecule has 0 aromatic carbocycles. The second-order valence-electron chi connectivity index (χ2n) is 21.6. The zero-order chi connectivity index (χ0) is 59.7. The molecule has 1 aromatic rings. The van der Waals surface area contributed by atoms with Gasteiger partial charge in [0.25, 0.3) is 5.56 Å². The first kappa shape index (κ1) is 67.3. The summed E-state index contributed by atoms with van der Waals surface area (Å²) in [5, 5.41) is 44.7. The van der Waals surface area contributed by atoms with E-state index in [9.17, 15) is 54.0 Å². The van der Waals surface area contributed by atoms with Crippen molar-refractivity contribution in [1.82, 2.24) is 19.4 Å². The summed E-state index contributed by atoms with van der Waals surface area (Å²) in [5.74, 6) is -4.78. The van der Waals surface area contributed by atoms with Gasteiger partial charge in [-0.1, -0.05) is 78.1 Å². The monoisotopic (exact) mass is 1160 g/mol. The quantitative estimate of drug-likeness (QED) is 0.0322. The van der Waals surface area contributed by atoms with Crippen LogP contribution < -0.4 is 17.0 Å². The minimum absolute atomic E-state index is 0.202. The Morgan fingerprint density at radius 3 is 1.93 bits per heavy atom. The predicted octanol–water partition coefficient (Wildman–Crippen LogP) is -0.0755. The van der Waals surface area contributed by atoms with Crippen molar-refractivity contribution in [2.24, 2.45) is 11.7 Å². The number of unbranched alkanes of at least 4 members (excludes halogenated alkanes) is 10. The van der Waals surface area contributed by atoms with Crippen LogP contribution in [0, 0.1) is 5.92 Å². The molecule has 4 fully saturated rings. The Morgan fingerprint density at radius 2 is 1.35 bits per heavy atom. The van der Waals surface area contributed by atoms with E-state index in [1.165, 1.54) is 72.4 Å². The lowest BCUT2D eigenvalue weighted by molar-refractivity contribution is -0.297. The molecule has 0 aliphatic carbocycles. The SMILES string of the molecule is CCCCCCCCCCCCCC(CC(=O)O[C@H]1CN(C)C([C@H](OC2O[C@H](CN)[C@@H](O)[C@H]2O)C2OC(n3ccc(=O)[nH]c3=O)[C@H](O)[C@@H]2O)C(=O)N(C)C1C(=O)OC)OC(=O)CC(C)CC(=O)OC1OC(C)C(OC)C(OC)C1OC. The number of H-pyrrole nitrogens is 1. The number of aromatic amines is 1. The van der Waals surface area contributed by atoms with Gasteiger partial charge in [0, 0.05) is 66.6 Å². The zero-order valence-corrected chi connectivity index (χ0v) is 48.2. The highest BCUT2D eigenvalue weighted by molar-refractivity contribution is 5.89. The van der Waals surface area contributed by atoms with Crippen LogP contribution in [0.5, 0.6) is 0 Å². The summed E-state index contributed by atoms with van der Waals surface area (Å²) < 4.78 is 64.3. The summed E-state index contributed by atoms with van der Waals surface area (Å²) in [7, 11) is 8.12. The molecule has 4 aliphatic heterocycles. The number of carbonyl (C=O) groups excluding carboxylic acids is 5. The van der Waals surface area contributed by atoms with E-state index in [1.807, 2.05) is 4.98 Å². The lowest BCUT2D eigenvalue weighted by Crippen LogP contribution is -2.59. The number of likely N-dealkylation sites (N-methyl/N-ethyl adjacent to an activating group) is 2. The van der Waals surface area contributed by atoms with Gasteiger partial charge in [0.05, 0.1) is 19.6 Å². The maximum absolute atomic E-state index is 14.9. The Hall–Kier alpha value is -4.49. The standard InChI is InChI=1S/C54H89N5O22/c1-10-11-12-13-14-15-16-17-18-19-20-21-31(76-35(61)24-29(2)25-36(62)79-53-48(73-8)47(72-7)44(71-6)30(3)75-53)26-37(63)77-33-28-57(4)39(49(68)58(5)38(33)51(69)74-9)45(81-52-43(67)40(64)32(27-55)78-52)46-41(65)42(66)50(80-46)59-23-22-34(60)56-54(59)70/h22-23,29-33,38-48,50,52-53,64-67H,10-21,24-28,55H2,1-9H3,(H,56,60,70)/t29?,30?,31?,32-,33+,38?,39?,40-,41+,42-,43-,44?,45+,46?,47?,48?,50?,52?,53?/m1/s1. The number of esters is 4. The van der Waals surface area contributed by atoms with Crippen LogP contribution in [0.1, 0.15) is 123 Å². The van der Waals surface area contributed by atoms with Gasteiger partial charge in [0.15, 0.2) is 18.6 Å². The normalized spacial score (nSPS) is 32.0. The maximum Gasteiger partial charge on any atom is 0.332 e. The molecule has 0 saturated carbocycles. The van der Waals surface area contributed by atoms with Crippen LogP contribution in [-0.4, -0.2) is 229 Å². The Kier molecular flexibility index (Phi) is 27.0. The highest BCUT2D eigenvalue weighted by Crippen LogP contribution is 2.37. The summed E-state index contributed by atoms with van der Waals surface area (Å²) in [6.07, 6.45) is -9.42. The minimum Gasteiger partial charge on any atom is -0.467 e. The van der Waals surface area contributed by atoms with Gasteiger partial charge < -0.3 is 83.2 Å². The Bertz CT molecular complexity index is 2270. The van der Waals surface area contributed by atoms with Gasteiger partial charge >= 0.3 is 29.6 Å². The van der Waals surface area contributed by atoms with E-state index in [4.69, 9.17) is 57.8 Å². The minimum atomic E-state index is -1.94. The highest BCUT2D eigenvalue weighted by Gasteiger charge is 2.57. The topological polar surface area (TPSA) is 355 Å². The molecule has 1 aromatic heterocycles. The first-order chi connectivity index (χ1) is 38.6. The van der Waals surface area contributed by atoms with E-state index in [0.29, 0.717) is 6.42 Å². The largest absolute Gasteiger partial charge is 0.467 e. The molecule has 5 rings (SSSR count). The van der Waals surface area contributed by atoms with Crippen molar-refractivity contribution in [1.29, 1.82) is 0 Å². The summed E-state index contributed by atoms with van der Waals surface area (Å²) in [6, 6.07) is -2.29. The number of aliphatic hydroxyl groups excluding tert-OH is 4. The smallest absolute Gasteiger partial charge is 0.332 e. The van der Waals surface area contributed by atoms with Crippen molar-refractivity contribution < 1.29 is 96.5 Å². The lowest BCUT2D eigenvalue weighted by Gasteiger charge is -2.43. The summed E-state index contributed by atoms with van der Waals surface area (Å²) in [5.41, 5.74) is 4.00. The first-order valence-electron chi connectivity index (χ1n) is 28.2. The molecule has 0 bridgehead atoms. The number of hydrogen-bond donors (Lipinski definition) is 6. The van der Waals surface area contributed by atoms with Crippen LogP contribution >= 0.6 is 0 Å². The van der Waals surface area contributed by atoms with Crippen LogP contribution in [0.2, 0.25) is 0 Å². The Morgan fingerprint density at radius 1 is 0.741 bits per heavy atom. The van der Waals surface area contributed by atoms with Crippen LogP contribution in [0.4, 0.5) is 0 Å². The summed E-state index contributed by atoms with van der Waals surface area (Å²) in [4.78, 5) is 98.9. The molecule has 4 aliphatic rings. The van der Waals surface area contributed by atoms with Crippen molar-refractivity contribution in [3.05, 3.63) is 33.1 Å². The van der Waals surface area contributed by atoms with Gasteiger partial charge in [0.1, 0.15) is 79.3 Å². The van der Waals surface area contributed by atoms with Gasteiger partial charge in [-0.2, -0.15) is 0 Å². The molecule has 27 heteroatoms. The highest BCUT2D eigenvalue weighted by atomic mass is 16.7. The van der Waals surface area contributed by atoms with E-state index < -0.39 is 170 Å². The maximum atomic E-state index is 14.9. The number of ether oxygens (including phenoxy) is 11. The first-order valence-corrected chi connectivity index (χ1v) is 28.2. The van der Waals surface area contributed by atoms with Crippen LogP contribution in [0.3, 0.4) is 0 Å². The van der Waals surface area contributed by atoms with E-state index in [2.05, 4.69) is 6.92 Å². The molecule has 27 nitrogen and oxygen atoms in total. The number of nitrogens with one attached hydrogen (secondary N) is 1. The molecular formula is C54H89N5O22. The van der Waals surface area contributed by atoms with Gasteiger partial charge in [-0.3, -0.25) is 38.4 Å². The molecule has 7 N–H and O–H groups in total. The molecule has 81 heavy (non-hydrogen) atoms. The van der Waals surface area contributed by atoms with Crippen molar-refractivity contribution >= 4 is 29.8 Å². The molecule has 0 radical (unpaired) electrons. The Labute approximate surface area is 472 Å². The predicted molar refractivity (Wildman–Crippen MR) is 284 cm³/mol. The molecule has 19 atom stereocenters. The molecule has 0 spiro atoms. The second kappa shape index (κ2) is 32.5. The molecule has 4 saturated heterocycles. The van der Waals surface area contributed by atoms with Gasteiger partial charge in [-0.25, -0.2) is 9.59 Å². The average molecular weight is 1160 g/mol. The van der Waals surface area contributed by atoms with Crippen molar-refractivity contribution in [3.63, 3.8) is 0 Å². The fourth-order valence-electron chi connectivity index (χ4n) is 11.1. The Balaban J connectivity index is 1.34. The number of aliphatic hydroxyl groups is 4. The van der Waals surface area contributed by atoms with Gasteiger partial charge in [-0.15, -0.1) is 0 Å². The van der Waals surface area contributed by atoms with Gasteiger partial charge in [-0.05, 0) is 32.7 Å². The summed E-state index contributed by atoms with van der Waals surface area (Å²) in [6.45, 7) is 4.91. The fraction of sp³-hybridized carbons (Fsp3) is 0.833. The van der Waals surface area contributed by atoms with E-state index in [1.54, 1.807) is 13.8 Å². The lowest BCUT2D eigenvalue weighted by atomic mass is 9.97. The van der Waals surface area contributed by atoms with E-state index in [-0.39, 0.29) is 25.8 Å². The third-order valence-corrected chi connectivity index (χ3v) is 15.6. The van der Waals surface area contributed by atoms with Crippen molar-refractivity contribution in [3.8, 4) is 0 Å². The number of rotatable bonds is 31. The second-order valence-corrected chi connectivity index (χ2v) is 21.6. The summed E-state index contributed by atoms with van der Waals surface area (Å²) >= 11 is 0. The van der Waals surface area contributed by atoms with Crippen molar-refractivity contribution in [2.75, 3.05) is 55.6 Å².